The molecule has 0 unspecified atom stereocenters. The molecule has 0 atom stereocenters. The molecule has 0 fully saturated rings. The number of benzene rings is 3. The van der Waals surface area contributed by atoms with E-state index in [1.165, 1.54) is 8.96 Å². The predicted octanol–water partition coefficient (Wildman–Crippen LogP) is 10.2. The van der Waals surface area contributed by atoms with E-state index in [9.17, 15) is 0 Å². The maximum Gasteiger partial charge on any atom is 0.737 e. The van der Waals surface area contributed by atoms with Crippen molar-refractivity contribution in [3.8, 4) is 35.5 Å². The lowest BCUT2D eigenvalue weighted by Crippen LogP contribution is -2.51. The summed E-state index contributed by atoms with van der Waals surface area (Å²) in [5, 5.41) is 0. The Kier molecular flexibility index (Phi) is 8.89. The molecule has 0 saturated carbocycles. The van der Waals surface area contributed by atoms with Gasteiger partial charge in [-0.3, -0.25) is 0 Å². The molecule has 0 spiro atoms. The first-order valence-corrected chi connectivity index (χ1v) is 20.0. The van der Waals surface area contributed by atoms with Crippen molar-refractivity contribution >= 4 is 36.5 Å². The molecular weight excluding hydrogens is 754 g/mol. The Balaban J connectivity index is 1.19. The first-order chi connectivity index (χ1) is 28.7. The highest BCUT2D eigenvalue weighted by molar-refractivity contribution is 6.59. The summed E-state index contributed by atoms with van der Waals surface area (Å²) >= 11 is 0. The highest BCUT2D eigenvalue weighted by atomic mass is 19.3. The molecular formula is C50H40B2F4N4. The van der Waals surface area contributed by atoms with Gasteiger partial charge in [0.25, 0.3) is 0 Å². The van der Waals surface area contributed by atoms with E-state index in [-0.39, 0.29) is 0 Å². The smallest absolute Gasteiger partial charge is 0.393 e. The van der Waals surface area contributed by atoms with Crippen molar-refractivity contribution in [3.63, 3.8) is 0 Å². The fraction of sp³-hybridized carbons (Fsp3) is 0.160. The Morgan fingerprint density at radius 1 is 0.517 bits per heavy atom. The lowest BCUT2D eigenvalue weighted by Gasteiger charge is -2.34. The maximum atomic E-state index is 17.3. The average Bonchev–Trinajstić information content (AvgIpc) is 3.86. The van der Waals surface area contributed by atoms with Crippen LogP contribution in [0.4, 0.5) is 17.3 Å². The molecule has 0 radical (unpaired) electrons. The van der Waals surface area contributed by atoms with Crippen molar-refractivity contribution in [2.24, 2.45) is 0 Å². The molecule has 4 nitrogen and oxygen atoms in total. The van der Waals surface area contributed by atoms with Gasteiger partial charge in [-0.15, -0.1) is 0 Å². The zero-order valence-electron chi connectivity index (χ0n) is 34.7. The number of rotatable bonds is 2. The number of allylic oxidation sites excluding steroid dienone is 4. The van der Waals surface area contributed by atoms with Gasteiger partial charge in [0.05, 0.1) is 22.3 Å². The molecule has 0 N–H and O–H groups in total. The van der Waals surface area contributed by atoms with Crippen molar-refractivity contribution in [2.45, 2.75) is 55.4 Å². The molecule has 2 aromatic heterocycles. The topological polar surface area (TPSA) is 15.9 Å². The van der Waals surface area contributed by atoms with E-state index >= 15 is 17.3 Å². The second-order valence-electron chi connectivity index (χ2n) is 15.9. The van der Waals surface area contributed by atoms with Crippen LogP contribution in [0.5, 0.6) is 0 Å². The van der Waals surface area contributed by atoms with Crippen LogP contribution in [0.2, 0.25) is 0 Å². The number of aromatic nitrogens is 2. The third-order valence-electron chi connectivity index (χ3n) is 12.4. The van der Waals surface area contributed by atoms with Crippen molar-refractivity contribution in [2.75, 3.05) is 0 Å². The maximum absolute atomic E-state index is 17.3. The summed E-state index contributed by atoms with van der Waals surface area (Å²) in [5.41, 5.74) is 11.2. The van der Waals surface area contributed by atoms with Crippen molar-refractivity contribution < 1.29 is 26.2 Å². The second-order valence-corrected chi connectivity index (χ2v) is 15.9. The second kappa shape index (κ2) is 13.8. The summed E-state index contributed by atoms with van der Waals surface area (Å²) in [5.74, 6) is 18.5. The molecule has 4 aliphatic rings. The minimum absolute atomic E-state index is 0.312. The van der Waals surface area contributed by atoms with Gasteiger partial charge in [-0.1, -0.05) is 90.7 Å². The molecule has 0 saturated heterocycles. The van der Waals surface area contributed by atoms with Crippen LogP contribution in [0.25, 0.3) is 11.1 Å². The van der Waals surface area contributed by atoms with Gasteiger partial charge < -0.3 is 35.2 Å². The number of hydrogen-bond acceptors (Lipinski definition) is 0. The molecule has 5 aromatic rings. The average molecular weight is 795 g/mol. The molecule has 10 heteroatoms. The number of fused-ring (bicyclic) bond motifs is 4. The molecule has 3 aromatic carbocycles. The lowest BCUT2D eigenvalue weighted by molar-refractivity contribution is -0.364. The highest BCUT2D eigenvalue weighted by Gasteiger charge is 2.58. The summed E-state index contributed by atoms with van der Waals surface area (Å²) in [4.78, 5) is 0. The summed E-state index contributed by atoms with van der Waals surface area (Å²) in [6.45, 7) is 5.50. The van der Waals surface area contributed by atoms with E-state index in [4.69, 9.17) is 0 Å². The molecule has 6 heterocycles. The van der Waals surface area contributed by atoms with Gasteiger partial charge in [-0.25, -0.2) is 0 Å². The number of nitrogens with zero attached hydrogens (tertiary/aromatic N) is 4. The lowest BCUT2D eigenvalue weighted by atomic mass is 9.84. The Bertz CT molecular complexity index is 3160. The summed E-state index contributed by atoms with van der Waals surface area (Å²) < 4.78 is 72.6. The number of aryl methyl sites for hydroxylation is 2. The van der Waals surface area contributed by atoms with Crippen molar-refractivity contribution in [3.05, 3.63) is 187 Å². The van der Waals surface area contributed by atoms with Crippen LogP contribution in [0.3, 0.4) is 0 Å². The molecule has 294 valence electrons. The Morgan fingerprint density at radius 2 is 0.967 bits per heavy atom. The van der Waals surface area contributed by atoms with Gasteiger partial charge >= 0.3 is 13.9 Å². The molecule has 0 bridgehead atoms. The van der Waals surface area contributed by atoms with Gasteiger partial charge in [-0.2, -0.15) is 0 Å². The van der Waals surface area contributed by atoms with Crippen molar-refractivity contribution in [1.82, 2.24) is 8.96 Å². The third kappa shape index (κ3) is 5.46. The fourth-order valence-corrected chi connectivity index (χ4v) is 9.81. The van der Waals surface area contributed by atoms with Gasteiger partial charge in [0.15, 0.2) is 11.4 Å². The van der Waals surface area contributed by atoms with Gasteiger partial charge in [0, 0.05) is 53.2 Å². The van der Waals surface area contributed by atoms with Crippen LogP contribution < -0.4 is 0 Å². The van der Waals surface area contributed by atoms with Gasteiger partial charge in [-0.05, 0) is 111 Å². The zero-order chi connectivity index (χ0) is 42.4. The Labute approximate surface area is 348 Å². The van der Waals surface area contributed by atoms with Gasteiger partial charge in [0.2, 0.25) is 0 Å². The van der Waals surface area contributed by atoms with E-state index in [1.807, 2.05) is 119 Å². The Morgan fingerprint density at radius 3 is 1.47 bits per heavy atom. The number of hydrogen-bond donors (Lipinski definition) is 0. The van der Waals surface area contributed by atoms with E-state index in [0.29, 0.717) is 84.6 Å². The minimum atomic E-state index is -4.38. The monoisotopic (exact) mass is 794 g/mol. The van der Waals surface area contributed by atoms with Crippen LogP contribution in [-0.2, 0) is 0 Å². The van der Waals surface area contributed by atoms with E-state index in [1.54, 1.807) is 33.8 Å². The standard InChI is InChI=1S/C50H40B2F4N4/c1-31-30-32(2)57-47(31)45(40-22-14-10-15-23-40)48-33(3)42(36(6)58(48)51(57,53)54)26-18-19-27-43-34(4)49-46(41-24-16-11-17-25-41)50-35(5)44(29-28-39-20-12-9-13-21-39)38(8)60(50)52(55,56)59(49)37(43)7/h9-17,20-25,30H,1-8H3. The highest BCUT2D eigenvalue weighted by Crippen LogP contribution is 2.48. The predicted molar refractivity (Wildman–Crippen MR) is 235 cm³/mol. The summed E-state index contributed by atoms with van der Waals surface area (Å²) in [6, 6.07) is 30.5. The van der Waals surface area contributed by atoms with E-state index in [2.05, 4.69) is 35.5 Å². The molecule has 9 rings (SSSR count). The molecule has 60 heavy (non-hydrogen) atoms. The first-order valence-electron chi connectivity index (χ1n) is 20.0. The third-order valence-corrected chi connectivity index (χ3v) is 12.4. The van der Waals surface area contributed by atoms with Crippen molar-refractivity contribution in [1.29, 1.82) is 0 Å². The first kappa shape index (κ1) is 38.6. The largest absolute Gasteiger partial charge is 0.737 e. The SMILES string of the molecule is CC1=C(C#CC#CC2=C(C)C3=C(c4ccccc4)c4c(C)c(C#Cc5ccccc5)c(C)n4[B-](F)(F)[N+]3=C2C)C(C)=[N+]2C1=C(c1ccccc1)c1c(C)cc(C)n1[B-]2(F)F. The molecule has 4 aliphatic heterocycles. The van der Waals surface area contributed by atoms with Crippen LogP contribution in [0, 0.1) is 63.2 Å². The van der Waals surface area contributed by atoms with Crippen LogP contribution >= 0.6 is 0 Å². The normalized spacial score (nSPS) is 17.1. The van der Waals surface area contributed by atoms with Crippen LogP contribution in [0.15, 0.2) is 131 Å². The molecule has 0 aliphatic carbocycles. The van der Waals surface area contributed by atoms with E-state index in [0.717, 1.165) is 36.8 Å². The van der Waals surface area contributed by atoms with Crippen LogP contribution in [0.1, 0.15) is 83.9 Å². The summed E-state index contributed by atoms with van der Waals surface area (Å²) in [7, 11) is 0. The van der Waals surface area contributed by atoms with E-state index < -0.39 is 13.9 Å². The van der Waals surface area contributed by atoms with Crippen LogP contribution in [-0.4, -0.2) is 43.3 Å². The number of halogens is 4. The minimum Gasteiger partial charge on any atom is -0.393 e. The van der Waals surface area contributed by atoms with Gasteiger partial charge in [0.1, 0.15) is 11.4 Å². The zero-order valence-corrected chi connectivity index (χ0v) is 34.7. The Hall–Kier alpha value is -6.95. The quantitative estimate of drug-likeness (QED) is 0.0962. The summed E-state index contributed by atoms with van der Waals surface area (Å²) in [6.07, 6.45) is 0. The fourth-order valence-electron chi connectivity index (χ4n) is 9.81. The molecule has 0 amide bonds.